The molecular formula is C24H31N3O5S. The molecular weight excluding hydrogens is 442 g/mol. The van der Waals surface area contributed by atoms with E-state index in [9.17, 15) is 9.59 Å². The molecule has 1 unspecified atom stereocenters. The highest BCUT2D eigenvalue weighted by atomic mass is 32.2. The molecule has 2 aliphatic rings. The molecule has 2 heterocycles. The maximum atomic E-state index is 13.1. The number of thioether (sulfide) groups is 1. The Morgan fingerprint density at radius 1 is 1.15 bits per heavy atom. The number of benzene rings is 1. The highest BCUT2D eigenvalue weighted by Crippen LogP contribution is 2.47. The van der Waals surface area contributed by atoms with E-state index in [1.165, 1.54) is 11.8 Å². The third kappa shape index (κ3) is 4.88. The van der Waals surface area contributed by atoms with Gasteiger partial charge in [0, 0.05) is 24.4 Å². The number of amidine groups is 1. The van der Waals surface area contributed by atoms with E-state index >= 15 is 0 Å². The van der Waals surface area contributed by atoms with E-state index in [2.05, 4.69) is 4.99 Å². The van der Waals surface area contributed by atoms with Crippen molar-refractivity contribution in [2.45, 2.75) is 40.2 Å². The van der Waals surface area contributed by atoms with Crippen molar-refractivity contribution in [3.8, 4) is 11.5 Å². The van der Waals surface area contributed by atoms with Crippen LogP contribution in [0.15, 0.2) is 45.6 Å². The summed E-state index contributed by atoms with van der Waals surface area (Å²) >= 11 is 1.44. The quantitative estimate of drug-likeness (QED) is 0.500. The molecule has 0 spiro atoms. The van der Waals surface area contributed by atoms with Gasteiger partial charge in [-0.15, -0.1) is 0 Å². The normalized spacial score (nSPS) is 17.3. The van der Waals surface area contributed by atoms with Gasteiger partial charge in [-0.05, 0) is 51.3 Å². The molecule has 0 fully saturated rings. The van der Waals surface area contributed by atoms with Gasteiger partial charge in [0.1, 0.15) is 11.5 Å². The van der Waals surface area contributed by atoms with Gasteiger partial charge < -0.3 is 24.0 Å². The fraction of sp³-hybridized carbons (Fsp3) is 0.458. The number of carbonyl (C=O) groups is 2. The largest absolute Gasteiger partial charge is 0.497 e. The van der Waals surface area contributed by atoms with Crippen molar-refractivity contribution < 1.29 is 23.8 Å². The molecule has 0 N–H and O–H groups in total. The van der Waals surface area contributed by atoms with E-state index in [0.717, 1.165) is 11.3 Å². The zero-order valence-electron chi connectivity index (χ0n) is 20.0. The van der Waals surface area contributed by atoms with Gasteiger partial charge >= 0.3 is 5.97 Å². The van der Waals surface area contributed by atoms with Gasteiger partial charge in [-0.3, -0.25) is 4.79 Å². The predicted molar refractivity (Wildman–Crippen MR) is 129 cm³/mol. The molecule has 0 saturated carbocycles. The molecule has 0 radical (unpaired) electrons. The van der Waals surface area contributed by atoms with E-state index in [4.69, 9.17) is 14.2 Å². The maximum Gasteiger partial charge on any atom is 0.338 e. The van der Waals surface area contributed by atoms with Gasteiger partial charge in [0.2, 0.25) is 5.91 Å². The third-order valence-electron chi connectivity index (χ3n) is 5.68. The fourth-order valence-corrected chi connectivity index (χ4v) is 4.99. The number of allylic oxidation sites excluding steroid dienone is 1. The summed E-state index contributed by atoms with van der Waals surface area (Å²) in [7, 11) is 3.18. The van der Waals surface area contributed by atoms with Crippen molar-refractivity contribution in [1.29, 1.82) is 0 Å². The van der Waals surface area contributed by atoms with Crippen LogP contribution in [0, 0.1) is 0 Å². The Balaban J connectivity index is 2.14. The summed E-state index contributed by atoms with van der Waals surface area (Å²) in [4.78, 5) is 34.5. The van der Waals surface area contributed by atoms with Crippen LogP contribution in [0.5, 0.6) is 11.5 Å². The molecule has 1 aromatic carbocycles. The Morgan fingerprint density at radius 2 is 1.88 bits per heavy atom. The second kappa shape index (κ2) is 10.8. The predicted octanol–water partition coefficient (Wildman–Crippen LogP) is 4.10. The Hall–Kier alpha value is -2.94. The van der Waals surface area contributed by atoms with E-state index in [0.29, 0.717) is 41.0 Å². The molecule has 8 nitrogen and oxygen atoms in total. The van der Waals surface area contributed by atoms with Crippen molar-refractivity contribution in [2.24, 2.45) is 4.99 Å². The zero-order chi connectivity index (χ0) is 24.1. The number of carbonyl (C=O) groups excluding carboxylic acids is 2. The smallest absolute Gasteiger partial charge is 0.338 e. The third-order valence-corrected chi connectivity index (χ3v) is 6.56. The van der Waals surface area contributed by atoms with Crippen LogP contribution in [-0.4, -0.2) is 60.8 Å². The standard InChI is InChI=1S/C24H31N3O5S/c1-7-26(8-2)20(28)12-16-14-33-24-25-15(4)21(23(29)32-9-3)22(27(16)24)18-13-17(30-5)10-11-19(18)31-6/h10-11,13-14,22H,7-9,12H2,1-6H3. The highest BCUT2D eigenvalue weighted by Gasteiger charge is 2.42. The van der Waals surface area contributed by atoms with E-state index in [-0.39, 0.29) is 18.9 Å². The summed E-state index contributed by atoms with van der Waals surface area (Å²) in [5.41, 5.74) is 2.50. The van der Waals surface area contributed by atoms with Gasteiger partial charge in [-0.25, -0.2) is 9.79 Å². The zero-order valence-corrected chi connectivity index (χ0v) is 20.8. The Labute approximate surface area is 199 Å². The van der Waals surface area contributed by atoms with E-state index < -0.39 is 12.0 Å². The molecule has 2 aliphatic heterocycles. The number of methoxy groups -OCH3 is 2. The van der Waals surface area contributed by atoms with Crippen LogP contribution >= 0.6 is 11.8 Å². The number of hydrogen-bond acceptors (Lipinski definition) is 8. The number of rotatable bonds is 9. The number of fused-ring (bicyclic) bond motifs is 1. The Bertz CT molecular complexity index is 1010. The lowest BCUT2D eigenvalue weighted by Gasteiger charge is -2.37. The van der Waals surface area contributed by atoms with Gasteiger partial charge in [0.25, 0.3) is 0 Å². The molecule has 1 atom stereocenters. The van der Waals surface area contributed by atoms with Gasteiger partial charge in [-0.2, -0.15) is 0 Å². The van der Waals surface area contributed by atoms with Crippen LogP contribution in [0.25, 0.3) is 0 Å². The lowest BCUT2D eigenvalue weighted by molar-refractivity contribution is -0.139. The number of nitrogens with zero attached hydrogens (tertiary/aromatic N) is 3. The molecule has 9 heteroatoms. The van der Waals surface area contributed by atoms with Gasteiger partial charge in [0.05, 0.1) is 44.6 Å². The van der Waals surface area contributed by atoms with Gasteiger partial charge in [-0.1, -0.05) is 11.8 Å². The first-order valence-electron chi connectivity index (χ1n) is 11.0. The minimum absolute atomic E-state index is 0.0217. The molecule has 0 bridgehead atoms. The molecule has 1 aromatic rings. The number of aliphatic imine (C=N–C) groups is 1. The summed E-state index contributed by atoms with van der Waals surface area (Å²) in [6.07, 6.45) is 0.200. The number of hydrogen-bond donors (Lipinski definition) is 0. The summed E-state index contributed by atoms with van der Waals surface area (Å²) < 4.78 is 16.5. The summed E-state index contributed by atoms with van der Waals surface area (Å²) in [6, 6.07) is 4.89. The van der Waals surface area contributed by atoms with Crippen LogP contribution in [0.1, 0.15) is 45.7 Å². The second-order valence-corrected chi connectivity index (χ2v) is 8.30. The van der Waals surface area contributed by atoms with Crippen LogP contribution in [0.2, 0.25) is 0 Å². The monoisotopic (exact) mass is 473 g/mol. The SMILES string of the molecule is CCOC(=O)C1=C(C)N=C2SC=C(CC(=O)N(CC)CC)N2C1c1cc(OC)ccc1OC. The van der Waals surface area contributed by atoms with Crippen LogP contribution in [-0.2, 0) is 14.3 Å². The van der Waals surface area contributed by atoms with Gasteiger partial charge in [0.15, 0.2) is 5.17 Å². The minimum atomic E-state index is -0.577. The molecule has 3 rings (SSSR count). The Morgan fingerprint density at radius 3 is 2.48 bits per heavy atom. The highest BCUT2D eigenvalue weighted by molar-refractivity contribution is 8.16. The Kier molecular flexibility index (Phi) is 8.07. The van der Waals surface area contributed by atoms with Crippen molar-refractivity contribution in [3.05, 3.63) is 46.1 Å². The molecule has 33 heavy (non-hydrogen) atoms. The average molecular weight is 474 g/mol. The molecule has 0 saturated heterocycles. The molecule has 0 aliphatic carbocycles. The van der Waals surface area contributed by atoms with E-state index in [1.807, 2.05) is 36.3 Å². The first-order chi connectivity index (χ1) is 15.9. The van der Waals surface area contributed by atoms with Crippen molar-refractivity contribution in [2.75, 3.05) is 33.9 Å². The lowest BCUT2D eigenvalue weighted by atomic mass is 9.92. The lowest BCUT2D eigenvalue weighted by Crippen LogP contribution is -2.39. The summed E-state index contributed by atoms with van der Waals surface area (Å²) in [5.74, 6) is 0.808. The molecule has 0 aromatic heterocycles. The molecule has 1 amide bonds. The number of ether oxygens (including phenoxy) is 3. The number of esters is 1. The first kappa shape index (κ1) is 24.7. The number of amides is 1. The van der Waals surface area contributed by atoms with Crippen LogP contribution < -0.4 is 9.47 Å². The van der Waals surface area contributed by atoms with Crippen LogP contribution in [0.3, 0.4) is 0 Å². The maximum absolute atomic E-state index is 13.1. The fourth-order valence-electron chi connectivity index (χ4n) is 4.03. The molecule has 178 valence electrons. The average Bonchev–Trinajstić information content (AvgIpc) is 3.20. The summed E-state index contributed by atoms with van der Waals surface area (Å²) in [6.45, 7) is 9.01. The second-order valence-electron chi connectivity index (χ2n) is 7.46. The van der Waals surface area contributed by atoms with Crippen molar-refractivity contribution in [1.82, 2.24) is 9.80 Å². The minimum Gasteiger partial charge on any atom is -0.497 e. The van der Waals surface area contributed by atoms with E-state index in [1.54, 1.807) is 39.0 Å². The van der Waals surface area contributed by atoms with Crippen molar-refractivity contribution >= 4 is 28.8 Å². The summed E-state index contributed by atoms with van der Waals surface area (Å²) in [5, 5.41) is 2.64. The first-order valence-corrected chi connectivity index (χ1v) is 11.9. The van der Waals surface area contributed by atoms with Crippen LogP contribution in [0.4, 0.5) is 0 Å². The van der Waals surface area contributed by atoms with Crippen molar-refractivity contribution in [3.63, 3.8) is 0 Å². The topological polar surface area (TPSA) is 80.7 Å².